The van der Waals surface area contributed by atoms with Gasteiger partial charge in [-0.3, -0.25) is 48.6 Å². The molecule has 5 amide bonds. The van der Waals surface area contributed by atoms with E-state index in [1.165, 1.54) is 12.3 Å². The number of piperazine rings is 1. The predicted octanol–water partition coefficient (Wildman–Crippen LogP) is 4.34. The Hall–Kier alpha value is -7.36. The molecule has 7 rings (SSSR count). The van der Waals surface area contributed by atoms with E-state index in [2.05, 4.69) is 35.7 Å². The van der Waals surface area contributed by atoms with Crippen molar-refractivity contribution in [2.45, 2.75) is 99.5 Å². The number of imidazole rings is 2. The van der Waals surface area contributed by atoms with Crippen molar-refractivity contribution in [3.8, 4) is 5.75 Å². The zero-order chi connectivity index (χ0) is 48.2. The summed E-state index contributed by atoms with van der Waals surface area (Å²) < 4.78 is 18.8. The summed E-state index contributed by atoms with van der Waals surface area (Å²) in [5.41, 5.74) is 15.0. The molecule has 0 aliphatic carbocycles. The van der Waals surface area contributed by atoms with Crippen LogP contribution in [-0.2, 0) is 30.9 Å². The molecule has 0 atom stereocenters. The van der Waals surface area contributed by atoms with Crippen LogP contribution < -0.4 is 26.8 Å². The van der Waals surface area contributed by atoms with Crippen molar-refractivity contribution in [2.24, 2.45) is 11.5 Å². The second kappa shape index (κ2) is 20.0. The summed E-state index contributed by atoms with van der Waals surface area (Å²) in [6.07, 6.45) is 2.73. The summed E-state index contributed by atoms with van der Waals surface area (Å²) >= 11 is 0. The minimum Gasteiger partial charge on any atom is -0.491 e. The number of nitrogens with zero attached hydrogens (tertiary/aromatic N) is 11. The Morgan fingerprint density at radius 1 is 0.701 bits per heavy atom. The van der Waals surface area contributed by atoms with Crippen LogP contribution in [0.25, 0.3) is 22.2 Å². The van der Waals surface area contributed by atoms with Crippen LogP contribution in [0.4, 0.5) is 16.7 Å². The maximum absolute atomic E-state index is 13.9. The first-order valence-electron chi connectivity index (χ1n) is 22.5. The van der Waals surface area contributed by atoms with Crippen LogP contribution in [0.2, 0.25) is 0 Å². The topological polar surface area (TPSA) is 271 Å². The lowest BCUT2D eigenvalue weighted by Gasteiger charge is -2.35. The molecule has 6 N–H and O–H groups in total. The summed E-state index contributed by atoms with van der Waals surface area (Å²) in [6.45, 7) is 18.0. The van der Waals surface area contributed by atoms with E-state index in [0.717, 1.165) is 0 Å². The molecule has 67 heavy (non-hydrogen) atoms. The van der Waals surface area contributed by atoms with E-state index < -0.39 is 29.2 Å². The second-order valence-electron chi connectivity index (χ2n) is 17.4. The number of ether oxygens (including phenoxy) is 2. The van der Waals surface area contributed by atoms with E-state index in [1.807, 2.05) is 53.0 Å². The molecule has 1 aliphatic heterocycles. The van der Waals surface area contributed by atoms with Gasteiger partial charge < -0.3 is 30.4 Å². The molecular formula is C45H59N15O7. The van der Waals surface area contributed by atoms with Crippen LogP contribution in [0, 0.1) is 13.8 Å². The third-order valence-electron chi connectivity index (χ3n) is 11.2. The number of pyridine rings is 1. The highest BCUT2D eigenvalue weighted by Gasteiger charge is 2.27. The molecule has 0 radical (unpaired) electrons. The van der Waals surface area contributed by atoms with Crippen molar-refractivity contribution in [2.75, 3.05) is 50.0 Å². The normalized spacial score (nSPS) is 13.3. The molecule has 22 nitrogen and oxygen atoms in total. The number of carbonyl (C=O) groups excluding carboxylic acids is 5. The van der Waals surface area contributed by atoms with Crippen molar-refractivity contribution in [1.29, 1.82) is 0 Å². The molecule has 22 heteroatoms. The number of amides is 5. The minimum atomic E-state index is -0.668. The highest BCUT2D eigenvalue weighted by atomic mass is 16.6. The average Bonchev–Trinajstić information content (AvgIpc) is 4.05. The first-order valence-corrected chi connectivity index (χ1v) is 22.5. The van der Waals surface area contributed by atoms with Crippen molar-refractivity contribution >= 4 is 63.8 Å². The Balaban J connectivity index is 1.13. The summed E-state index contributed by atoms with van der Waals surface area (Å²) in [5, 5.41) is 14.7. The number of rotatable bonds is 18. The average molecular weight is 922 g/mol. The summed E-state index contributed by atoms with van der Waals surface area (Å²) in [4.78, 5) is 82.7. The molecule has 0 unspecified atom stereocenters. The van der Waals surface area contributed by atoms with Crippen LogP contribution in [0.1, 0.15) is 107 Å². The molecule has 6 aromatic rings. The first kappa shape index (κ1) is 47.6. The number of nitrogens with one attached hydrogen (secondary N) is 2. The van der Waals surface area contributed by atoms with Gasteiger partial charge in [-0.1, -0.05) is 0 Å². The molecule has 5 aromatic heterocycles. The van der Waals surface area contributed by atoms with Crippen molar-refractivity contribution in [1.82, 2.24) is 53.4 Å². The number of primary amides is 2. The highest BCUT2D eigenvalue weighted by molar-refractivity contribution is 6.05. The van der Waals surface area contributed by atoms with Crippen LogP contribution in [0.3, 0.4) is 0 Å². The van der Waals surface area contributed by atoms with E-state index >= 15 is 0 Å². The Kier molecular flexibility index (Phi) is 14.2. The molecule has 356 valence electrons. The highest BCUT2D eigenvalue weighted by Crippen LogP contribution is 2.32. The van der Waals surface area contributed by atoms with Gasteiger partial charge in [0.15, 0.2) is 5.65 Å². The van der Waals surface area contributed by atoms with Crippen molar-refractivity contribution < 1.29 is 33.4 Å². The minimum absolute atomic E-state index is 0.170. The quantitative estimate of drug-likeness (QED) is 0.0876. The molecule has 1 aliphatic rings. The SMILES string of the molecule is CCn1nc(C)cc1C(=O)Nc1nc2cc(C(N)=O)cnc2n1CCCCn1c(NC(=O)c2cc(C)nn2CC)nc2cc(C(N)=O)cc(OCCCN3CCN(C(=O)OC(C)(C)C)CC3)c21. The number of benzene rings is 1. The fourth-order valence-electron chi connectivity index (χ4n) is 8.01. The molecule has 1 fully saturated rings. The van der Waals surface area contributed by atoms with Crippen LogP contribution in [0.15, 0.2) is 36.5 Å². The maximum Gasteiger partial charge on any atom is 0.410 e. The van der Waals surface area contributed by atoms with Crippen LogP contribution >= 0.6 is 0 Å². The smallest absolute Gasteiger partial charge is 0.410 e. The third-order valence-corrected chi connectivity index (χ3v) is 11.2. The second-order valence-corrected chi connectivity index (χ2v) is 17.4. The first-order chi connectivity index (χ1) is 31.9. The Labute approximate surface area is 386 Å². The standard InChI is InChI=1S/C45H59N15O7/c1-8-59-33(21-27(3)53-59)40(63)51-42-49-31-23-29(37(46)61)25-35(66-20-12-13-55-16-18-56(19-17-55)44(65)67-45(5,6)7)36(31)57(42)14-10-11-15-58-39-32(24-30(26-48-39)38(47)62)50-43(58)52-41(64)34-22-28(4)54-60(34)9-2/h21-26H,8-20H2,1-7H3,(H2,46,61)(H2,47,62)(H,49,51,63)(H,50,52,64). The van der Waals surface area contributed by atoms with Gasteiger partial charge in [0, 0.05) is 70.7 Å². The maximum atomic E-state index is 13.9. The Morgan fingerprint density at radius 3 is 1.82 bits per heavy atom. The monoisotopic (exact) mass is 921 g/mol. The van der Waals surface area contributed by atoms with E-state index in [0.29, 0.717) is 129 Å². The summed E-state index contributed by atoms with van der Waals surface area (Å²) in [5.74, 6) is -1.36. The zero-order valence-corrected chi connectivity index (χ0v) is 39.1. The molecule has 6 heterocycles. The number of carbonyl (C=O) groups is 5. The number of unbranched alkanes of at least 4 members (excludes halogenated alkanes) is 1. The van der Waals surface area contributed by atoms with E-state index in [9.17, 15) is 24.0 Å². The number of nitrogens with two attached hydrogens (primary N) is 2. The fraction of sp³-hybridized carbons (Fsp3) is 0.467. The fourth-order valence-corrected chi connectivity index (χ4v) is 8.01. The van der Waals surface area contributed by atoms with Gasteiger partial charge in [-0.15, -0.1) is 0 Å². The molecule has 1 aromatic carbocycles. The molecule has 0 saturated carbocycles. The number of anilines is 2. The Morgan fingerprint density at radius 2 is 1.25 bits per heavy atom. The number of aromatic nitrogens is 9. The van der Waals surface area contributed by atoms with Crippen molar-refractivity contribution in [3.05, 3.63) is 70.4 Å². The van der Waals surface area contributed by atoms with Gasteiger partial charge in [-0.2, -0.15) is 10.2 Å². The van der Waals surface area contributed by atoms with Gasteiger partial charge in [0.05, 0.1) is 29.1 Å². The van der Waals surface area contributed by atoms with Crippen molar-refractivity contribution in [3.63, 3.8) is 0 Å². The largest absolute Gasteiger partial charge is 0.491 e. The zero-order valence-electron chi connectivity index (χ0n) is 39.1. The molecule has 0 bridgehead atoms. The van der Waals surface area contributed by atoms with E-state index in [4.69, 9.17) is 25.9 Å². The van der Waals surface area contributed by atoms with Gasteiger partial charge in [0.1, 0.15) is 33.8 Å². The van der Waals surface area contributed by atoms with E-state index in [-0.39, 0.29) is 35.7 Å². The lowest BCUT2D eigenvalue weighted by atomic mass is 10.1. The number of fused-ring (bicyclic) bond motifs is 2. The van der Waals surface area contributed by atoms with Crippen LogP contribution in [0.5, 0.6) is 5.75 Å². The number of aryl methyl sites for hydroxylation is 6. The van der Waals surface area contributed by atoms with Crippen LogP contribution in [-0.4, -0.2) is 128 Å². The Bertz CT molecular complexity index is 2820. The van der Waals surface area contributed by atoms with E-state index in [1.54, 1.807) is 43.1 Å². The molecule has 0 spiro atoms. The van der Waals surface area contributed by atoms with Gasteiger partial charge in [0.2, 0.25) is 23.7 Å². The van der Waals surface area contributed by atoms with Gasteiger partial charge in [0.25, 0.3) is 11.8 Å². The molecule has 1 saturated heterocycles. The molecular weight excluding hydrogens is 863 g/mol. The summed E-state index contributed by atoms with van der Waals surface area (Å²) in [7, 11) is 0. The van der Waals surface area contributed by atoms with Gasteiger partial charge in [-0.25, -0.2) is 19.7 Å². The predicted molar refractivity (Wildman–Crippen MR) is 249 cm³/mol. The van der Waals surface area contributed by atoms with Gasteiger partial charge >= 0.3 is 6.09 Å². The van der Waals surface area contributed by atoms with Gasteiger partial charge in [-0.05, 0) is 98.1 Å². The number of hydrogen-bond acceptors (Lipinski definition) is 13. The summed E-state index contributed by atoms with van der Waals surface area (Å²) in [6, 6.07) is 8.09. The lowest BCUT2D eigenvalue weighted by Crippen LogP contribution is -2.50. The lowest BCUT2D eigenvalue weighted by molar-refractivity contribution is 0.0141. The third kappa shape index (κ3) is 11.0. The number of hydrogen-bond donors (Lipinski definition) is 4.